The average Bonchev–Trinajstić information content (AvgIpc) is 1.97. The molecule has 1 aromatic rings. The van der Waals surface area contributed by atoms with Crippen molar-refractivity contribution in [2.75, 3.05) is 0 Å². The zero-order valence-corrected chi connectivity index (χ0v) is 11.3. The van der Waals surface area contributed by atoms with Crippen LogP contribution >= 0.6 is 61.1 Å². The van der Waals surface area contributed by atoms with Crippen molar-refractivity contribution >= 4 is 61.1 Å². The molecule has 11 heavy (non-hydrogen) atoms. The van der Waals surface area contributed by atoms with Crippen LogP contribution in [0.3, 0.4) is 0 Å². The van der Waals surface area contributed by atoms with Gasteiger partial charge in [0.25, 0.3) is 0 Å². The van der Waals surface area contributed by atoms with Crippen LogP contribution in [0.5, 0.6) is 0 Å². The van der Waals surface area contributed by atoms with E-state index >= 15 is 0 Å². The molecular formula is C7H4BrFI2. The normalized spacial score (nSPS) is 10.2. The molecule has 1 aromatic carbocycles. The lowest BCUT2D eigenvalue weighted by Gasteiger charge is -2.01. The average molecular weight is 441 g/mol. The summed E-state index contributed by atoms with van der Waals surface area (Å²) in [7, 11) is 0. The van der Waals surface area contributed by atoms with Gasteiger partial charge >= 0.3 is 0 Å². The van der Waals surface area contributed by atoms with Gasteiger partial charge in [0, 0.05) is 8.00 Å². The van der Waals surface area contributed by atoms with E-state index < -0.39 is 0 Å². The van der Waals surface area contributed by atoms with Crippen molar-refractivity contribution in [1.29, 1.82) is 0 Å². The number of benzene rings is 1. The van der Waals surface area contributed by atoms with E-state index in [9.17, 15) is 4.39 Å². The van der Waals surface area contributed by atoms with Crippen LogP contribution in [-0.2, 0) is 4.43 Å². The van der Waals surface area contributed by atoms with Crippen molar-refractivity contribution < 1.29 is 4.39 Å². The highest BCUT2D eigenvalue weighted by Gasteiger charge is 2.04. The van der Waals surface area contributed by atoms with Gasteiger partial charge in [0.1, 0.15) is 5.82 Å². The minimum absolute atomic E-state index is 0.192. The highest BCUT2D eigenvalue weighted by molar-refractivity contribution is 14.1. The number of hydrogen-bond acceptors (Lipinski definition) is 0. The fourth-order valence-electron chi connectivity index (χ4n) is 0.666. The molecule has 0 atom stereocenters. The van der Waals surface area contributed by atoms with Crippen LogP contribution in [0, 0.1) is 9.39 Å². The van der Waals surface area contributed by atoms with Crippen LogP contribution < -0.4 is 0 Å². The minimum Gasteiger partial charge on any atom is -0.206 e. The van der Waals surface area contributed by atoms with Crippen LogP contribution in [-0.4, -0.2) is 0 Å². The van der Waals surface area contributed by atoms with Crippen LogP contribution in [0.25, 0.3) is 0 Å². The first kappa shape index (κ1) is 10.2. The van der Waals surface area contributed by atoms with Crippen LogP contribution in [0.1, 0.15) is 5.56 Å². The van der Waals surface area contributed by atoms with Gasteiger partial charge in [0.2, 0.25) is 0 Å². The predicted octanol–water partition coefficient (Wildman–Crippen LogP) is 4.13. The Hall–Kier alpha value is 1.09. The number of rotatable bonds is 1. The molecule has 0 aliphatic carbocycles. The van der Waals surface area contributed by atoms with Crippen molar-refractivity contribution in [2.24, 2.45) is 0 Å². The minimum atomic E-state index is -0.192. The molecular weight excluding hydrogens is 437 g/mol. The van der Waals surface area contributed by atoms with E-state index in [0.29, 0.717) is 4.47 Å². The molecule has 60 valence electrons. The highest BCUT2D eigenvalue weighted by Crippen LogP contribution is 2.23. The SMILES string of the molecule is Fc1cc(I)c(CI)cc1Br. The summed E-state index contributed by atoms with van der Waals surface area (Å²) >= 11 is 7.54. The van der Waals surface area contributed by atoms with E-state index in [1.807, 2.05) is 6.07 Å². The third kappa shape index (κ3) is 2.51. The maximum atomic E-state index is 12.8. The fourth-order valence-corrected chi connectivity index (χ4v) is 3.04. The Kier molecular flexibility index (Phi) is 4.03. The molecule has 1 rings (SSSR count). The van der Waals surface area contributed by atoms with Crippen LogP contribution in [0.2, 0.25) is 0 Å². The maximum absolute atomic E-state index is 12.8. The zero-order valence-electron chi connectivity index (χ0n) is 5.37. The van der Waals surface area contributed by atoms with Gasteiger partial charge < -0.3 is 0 Å². The predicted molar refractivity (Wildman–Crippen MR) is 64.5 cm³/mol. The molecule has 0 radical (unpaired) electrons. The summed E-state index contributed by atoms with van der Waals surface area (Å²) in [6, 6.07) is 3.36. The summed E-state index contributed by atoms with van der Waals surface area (Å²) in [5, 5.41) is 0. The molecule has 0 saturated heterocycles. The first-order valence-corrected chi connectivity index (χ1v) is 6.24. The Morgan fingerprint density at radius 3 is 2.64 bits per heavy atom. The molecule has 0 bridgehead atoms. The summed E-state index contributed by atoms with van der Waals surface area (Å²) < 4.78 is 15.3. The van der Waals surface area contributed by atoms with Crippen molar-refractivity contribution in [3.8, 4) is 0 Å². The Morgan fingerprint density at radius 2 is 2.09 bits per heavy atom. The van der Waals surface area contributed by atoms with Crippen molar-refractivity contribution in [2.45, 2.75) is 4.43 Å². The number of hydrogen-bond donors (Lipinski definition) is 0. The van der Waals surface area contributed by atoms with Gasteiger partial charge in [-0.1, -0.05) is 22.6 Å². The number of halogens is 4. The monoisotopic (exact) mass is 440 g/mol. The second-order valence-corrected chi connectivity index (χ2v) is 4.77. The Labute approximate surface area is 100 Å². The Bertz CT molecular complexity index is 275. The maximum Gasteiger partial charge on any atom is 0.138 e. The molecule has 0 heterocycles. The van der Waals surface area contributed by atoms with Gasteiger partial charge in [-0.2, -0.15) is 0 Å². The van der Waals surface area contributed by atoms with Crippen LogP contribution in [0.15, 0.2) is 16.6 Å². The second-order valence-electron chi connectivity index (χ2n) is 1.99. The summed E-state index contributed by atoms with van der Waals surface area (Å²) in [6.07, 6.45) is 0. The molecule has 0 nitrogen and oxygen atoms in total. The Morgan fingerprint density at radius 1 is 1.45 bits per heavy atom. The van der Waals surface area contributed by atoms with Gasteiger partial charge in [-0.25, -0.2) is 4.39 Å². The van der Waals surface area contributed by atoms with Crippen molar-refractivity contribution in [3.63, 3.8) is 0 Å². The van der Waals surface area contributed by atoms with Crippen molar-refractivity contribution in [3.05, 3.63) is 31.6 Å². The lowest BCUT2D eigenvalue weighted by Crippen LogP contribution is -1.87. The Balaban J connectivity index is 3.21. The smallest absolute Gasteiger partial charge is 0.138 e. The molecule has 0 fully saturated rings. The summed E-state index contributed by atoms with van der Waals surface area (Å²) in [5.41, 5.74) is 1.17. The quantitative estimate of drug-likeness (QED) is 0.350. The third-order valence-electron chi connectivity index (χ3n) is 1.23. The van der Waals surface area contributed by atoms with E-state index in [4.69, 9.17) is 0 Å². The van der Waals surface area contributed by atoms with Gasteiger partial charge in [-0.05, 0) is 56.2 Å². The second kappa shape index (κ2) is 4.36. The summed E-state index contributed by atoms with van der Waals surface area (Å²) in [6.45, 7) is 0. The van der Waals surface area contributed by atoms with E-state index in [1.165, 1.54) is 5.56 Å². The first-order chi connectivity index (χ1) is 5.15. The van der Waals surface area contributed by atoms with E-state index in [2.05, 4.69) is 61.1 Å². The van der Waals surface area contributed by atoms with Crippen molar-refractivity contribution in [1.82, 2.24) is 0 Å². The number of alkyl halides is 1. The molecule has 0 aliphatic heterocycles. The van der Waals surface area contributed by atoms with Gasteiger partial charge in [-0.15, -0.1) is 0 Å². The van der Waals surface area contributed by atoms with Gasteiger partial charge in [-0.3, -0.25) is 0 Å². The van der Waals surface area contributed by atoms with Crippen LogP contribution in [0.4, 0.5) is 4.39 Å². The molecule has 0 aromatic heterocycles. The molecule has 0 spiro atoms. The summed E-state index contributed by atoms with van der Waals surface area (Å²) in [4.78, 5) is 0. The van der Waals surface area contributed by atoms with Gasteiger partial charge in [0.15, 0.2) is 0 Å². The standard InChI is InChI=1S/C7H4BrFI2/c8-5-1-4(3-10)7(11)2-6(5)9/h1-2H,3H2. The lowest BCUT2D eigenvalue weighted by atomic mass is 10.2. The molecule has 4 heteroatoms. The summed E-state index contributed by atoms with van der Waals surface area (Å²) in [5.74, 6) is -0.192. The molecule has 0 amide bonds. The van der Waals surface area contributed by atoms with E-state index in [-0.39, 0.29) is 5.82 Å². The molecule has 0 N–H and O–H groups in total. The van der Waals surface area contributed by atoms with E-state index in [1.54, 1.807) is 6.07 Å². The highest BCUT2D eigenvalue weighted by atomic mass is 127. The largest absolute Gasteiger partial charge is 0.206 e. The van der Waals surface area contributed by atoms with Gasteiger partial charge in [0.05, 0.1) is 4.47 Å². The molecule has 0 saturated carbocycles. The lowest BCUT2D eigenvalue weighted by molar-refractivity contribution is 0.619. The van der Waals surface area contributed by atoms with E-state index in [0.717, 1.165) is 8.00 Å². The fraction of sp³-hybridized carbons (Fsp3) is 0.143. The zero-order chi connectivity index (χ0) is 8.43. The first-order valence-electron chi connectivity index (χ1n) is 2.84. The topological polar surface area (TPSA) is 0 Å². The third-order valence-corrected chi connectivity index (χ3v) is 3.67. The molecule has 0 aliphatic rings. The molecule has 0 unspecified atom stereocenters.